The number of carbonyl (C=O) groups excluding carboxylic acids is 2. The van der Waals surface area contributed by atoms with Gasteiger partial charge in [0.05, 0.1) is 21.0 Å². The summed E-state index contributed by atoms with van der Waals surface area (Å²) in [5, 5.41) is 21.2. The highest BCUT2D eigenvalue weighted by Crippen LogP contribution is 2.18. The lowest BCUT2D eigenvalue weighted by molar-refractivity contribution is -0.385. The number of benzene rings is 3. The number of carbonyl (C=O) groups is 2. The molecule has 0 aliphatic carbocycles. The van der Waals surface area contributed by atoms with Crippen LogP contribution >= 0.6 is 0 Å². The molecular weight excluding hydrogens is 452 g/mol. The normalized spacial score (nSPS) is 10.1. The van der Waals surface area contributed by atoms with Crippen LogP contribution in [0.2, 0.25) is 0 Å². The second-order valence-electron chi connectivity index (χ2n) is 6.47. The third-order valence-electron chi connectivity index (χ3n) is 4.28. The molecule has 12 nitrogen and oxygen atoms in total. The smallest absolute Gasteiger partial charge is 0.340 e. The van der Waals surface area contributed by atoms with Crippen molar-refractivity contribution in [2.45, 2.75) is 0 Å². The molecule has 0 unspecified atom stereocenters. The van der Waals surface area contributed by atoms with Gasteiger partial charge in [0.1, 0.15) is 11.5 Å². The van der Waals surface area contributed by atoms with Crippen molar-refractivity contribution in [3.05, 3.63) is 104 Å². The van der Waals surface area contributed by atoms with E-state index < -0.39 is 35.4 Å². The minimum Gasteiger partial charge on any atom is -0.457 e. The van der Waals surface area contributed by atoms with Crippen molar-refractivity contribution in [3.63, 3.8) is 0 Å². The zero-order valence-corrected chi connectivity index (χ0v) is 17.3. The lowest BCUT2D eigenvalue weighted by Crippen LogP contribution is -2.12. The minimum absolute atomic E-state index is 0.0964. The maximum Gasteiger partial charge on any atom is 0.340 e. The van der Waals surface area contributed by atoms with Gasteiger partial charge in [0.25, 0.3) is 11.4 Å². The molecule has 0 saturated carbocycles. The van der Waals surface area contributed by atoms with Crippen LogP contribution < -0.4 is 9.47 Å². The van der Waals surface area contributed by atoms with Gasteiger partial charge in [0, 0.05) is 24.3 Å². The lowest BCUT2D eigenvalue weighted by Gasteiger charge is -2.09. The summed E-state index contributed by atoms with van der Waals surface area (Å²) >= 11 is 0. The van der Waals surface area contributed by atoms with Crippen molar-refractivity contribution < 1.29 is 38.4 Å². The molecule has 12 heteroatoms. The Morgan fingerprint density at radius 3 is 1.21 bits per heavy atom. The summed E-state index contributed by atoms with van der Waals surface area (Å²) in [4.78, 5) is 44.3. The van der Waals surface area contributed by atoms with Crippen LogP contribution in [-0.2, 0) is 9.47 Å². The summed E-state index contributed by atoms with van der Waals surface area (Å²) in [6, 6.07) is 16.0. The summed E-state index contributed by atoms with van der Waals surface area (Å²) in [7, 11) is 0. The van der Waals surface area contributed by atoms with Gasteiger partial charge >= 0.3 is 11.9 Å². The number of nitro groups is 2. The van der Waals surface area contributed by atoms with Crippen LogP contribution in [-0.4, -0.2) is 35.4 Å². The van der Waals surface area contributed by atoms with Gasteiger partial charge in [0.15, 0.2) is 0 Å². The van der Waals surface area contributed by atoms with Gasteiger partial charge in [-0.25, -0.2) is 9.59 Å². The van der Waals surface area contributed by atoms with E-state index in [0.717, 1.165) is 0 Å². The molecule has 0 N–H and O–H groups in total. The van der Waals surface area contributed by atoms with Crippen molar-refractivity contribution in [1.82, 2.24) is 0 Å². The molecule has 34 heavy (non-hydrogen) atoms. The van der Waals surface area contributed by atoms with Crippen LogP contribution in [0.15, 0.2) is 72.8 Å². The number of hydrogen-bond donors (Lipinski definition) is 0. The van der Waals surface area contributed by atoms with E-state index in [0.29, 0.717) is 0 Å². The SMILES string of the molecule is O=C(OCOc1ccc([N+](=O)[O-])cc1)c1ccc(C(=O)OCOc2ccc([N+](=O)[O-])cc2)cc1. The van der Waals surface area contributed by atoms with E-state index >= 15 is 0 Å². The van der Waals surface area contributed by atoms with Gasteiger partial charge in [-0.3, -0.25) is 20.2 Å². The molecule has 3 aromatic rings. The Bertz CT molecular complexity index is 1080. The summed E-state index contributed by atoms with van der Waals surface area (Å²) < 4.78 is 20.4. The predicted molar refractivity (Wildman–Crippen MR) is 114 cm³/mol. The molecule has 0 aromatic heterocycles. The molecule has 0 amide bonds. The van der Waals surface area contributed by atoms with Gasteiger partial charge in [0.2, 0.25) is 13.6 Å². The first-order valence-electron chi connectivity index (χ1n) is 9.52. The maximum absolute atomic E-state index is 12.1. The summed E-state index contributed by atoms with van der Waals surface area (Å²) in [6.45, 7) is -0.832. The lowest BCUT2D eigenvalue weighted by atomic mass is 10.1. The van der Waals surface area contributed by atoms with Crippen LogP contribution in [0.25, 0.3) is 0 Å². The highest BCUT2D eigenvalue weighted by atomic mass is 16.7. The van der Waals surface area contributed by atoms with Crippen LogP contribution in [0.5, 0.6) is 11.5 Å². The number of nitro benzene ring substituents is 2. The van der Waals surface area contributed by atoms with E-state index in [9.17, 15) is 29.8 Å². The quantitative estimate of drug-likeness (QED) is 0.185. The second-order valence-corrected chi connectivity index (χ2v) is 6.47. The van der Waals surface area contributed by atoms with E-state index in [2.05, 4.69) is 0 Å². The van der Waals surface area contributed by atoms with Crippen molar-refractivity contribution in [2.24, 2.45) is 0 Å². The third-order valence-corrected chi connectivity index (χ3v) is 4.28. The molecule has 3 rings (SSSR count). The van der Waals surface area contributed by atoms with E-state index in [-0.39, 0.29) is 34.0 Å². The molecule has 0 bridgehead atoms. The van der Waals surface area contributed by atoms with Crippen LogP contribution in [0.1, 0.15) is 20.7 Å². The highest BCUT2D eigenvalue weighted by Gasteiger charge is 2.12. The first kappa shape index (κ1) is 23.7. The van der Waals surface area contributed by atoms with E-state index in [4.69, 9.17) is 18.9 Å². The molecule has 0 aliphatic rings. The zero-order chi connectivity index (χ0) is 24.5. The minimum atomic E-state index is -0.705. The molecule has 0 spiro atoms. The Labute approximate surface area is 191 Å². The molecule has 0 heterocycles. The number of nitrogens with zero attached hydrogens (tertiary/aromatic N) is 2. The average molecular weight is 468 g/mol. The zero-order valence-electron chi connectivity index (χ0n) is 17.3. The van der Waals surface area contributed by atoms with Gasteiger partial charge in [-0.15, -0.1) is 0 Å². The van der Waals surface area contributed by atoms with E-state index in [1.165, 1.54) is 72.8 Å². The average Bonchev–Trinajstić information content (AvgIpc) is 2.84. The van der Waals surface area contributed by atoms with Crippen LogP contribution in [0.3, 0.4) is 0 Å². The van der Waals surface area contributed by atoms with Crippen molar-refractivity contribution in [1.29, 1.82) is 0 Å². The Morgan fingerprint density at radius 2 is 0.912 bits per heavy atom. The summed E-state index contributed by atoms with van der Waals surface area (Å²) in [5.41, 5.74) is 0.124. The summed E-state index contributed by atoms with van der Waals surface area (Å²) in [5.74, 6) is -0.841. The summed E-state index contributed by atoms with van der Waals surface area (Å²) in [6.07, 6.45) is 0. The Morgan fingerprint density at radius 1 is 0.588 bits per heavy atom. The predicted octanol–water partition coefficient (Wildman–Crippen LogP) is 3.89. The first-order valence-corrected chi connectivity index (χ1v) is 9.52. The van der Waals surface area contributed by atoms with Crippen LogP contribution in [0.4, 0.5) is 11.4 Å². The number of rotatable bonds is 10. The topological polar surface area (TPSA) is 157 Å². The Hall–Kier alpha value is -5.00. The Kier molecular flexibility index (Phi) is 7.68. The van der Waals surface area contributed by atoms with Gasteiger partial charge in [-0.05, 0) is 48.5 Å². The van der Waals surface area contributed by atoms with Crippen LogP contribution in [0, 0.1) is 20.2 Å². The third kappa shape index (κ3) is 6.50. The monoisotopic (exact) mass is 468 g/mol. The highest BCUT2D eigenvalue weighted by molar-refractivity contribution is 5.93. The number of non-ortho nitro benzene ring substituents is 2. The molecule has 0 radical (unpaired) electrons. The van der Waals surface area contributed by atoms with Crippen molar-refractivity contribution >= 4 is 23.3 Å². The molecule has 0 atom stereocenters. The molecular formula is C22H16N2O10. The largest absolute Gasteiger partial charge is 0.457 e. The molecule has 174 valence electrons. The maximum atomic E-state index is 12.1. The fourth-order valence-corrected chi connectivity index (χ4v) is 2.54. The van der Waals surface area contributed by atoms with Gasteiger partial charge < -0.3 is 18.9 Å². The molecule has 3 aromatic carbocycles. The standard InChI is InChI=1S/C22H16N2O10/c25-21(33-13-31-19-9-5-17(6-10-19)23(27)28)15-1-2-16(4-3-15)22(26)34-14-32-20-11-7-18(8-12-20)24(29)30/h1-12H,13-14H2. The number of ether oxygens (including phenoxy) is 4. The van der Waals surface area contributed by atoms with Crippen molar-refractivity contribution in [2.75, 3.05) is 13.6 Å². The fraction of sp³-hybridized carbons (Fsp3) is 0.0909. The van der Waals surface area contributed by atoms with Gasteiger partial charge in [-0.1, -0.05) is 0 Å². The van der Waals surface area contributed by atoms with E-state index in [1.54, 1.807) is 0 Å². The molecule has 0 fully saturated rings. The number of esters is 2. The van der Waals surface area contributed by atoms with Crippen molar-refractivity contribution in [3.8, 4) is 11.5 Å². The molecule has 0 saturated heterocycles. The number of hydrogen-bond acceptors (Lipinski definition) is 10. The first-order chi connectivity index (χ1) is 16.3. The van der Waals surface area contributed by atoms with Gasteiger partial charge in [-0.2, -0.15) is 0 Å². The second kappa shape index (κ2) is 11.0. The molecule has 0 aliphatic heterocycles. The Balaban J connectivity index is 1.43. The fourth-order valence-electron chi connectivity index (χ4n) is 2.54. The van der Waals surface area contributed by atoms with E-state index in [1.807, 2.05) is 0 Å².